The lowest BCUT2D eigenvalue weighted by Gasteiger charge is -2.23. The van der Waals surface area contributed by atoms with Crippen molar-refractivity contribution in [1.82, 2.24) is 9.80 Å². The van der Waals surface area contributed by atoms with Gasteiger partial charge >= 0.3 is 0 Å². The van der Waals surface area contributed by atoms with E-state index >= 15 is 0 Å². The van der Waals surface area contributed by atoms with Crippen LogP contribution in [0, 0.1) is 11.8 Å². The number of sulfonamides is 1. The number of hydrogen-bond acceptors (Lipinski definition) is 6. The third kappa shape index (κ3) is 4.77. The van der Waals surface area contributed by atoms with E-state index in [1.165, 1.54) is 24.3 Å². The molecule has 9 nitrogen and oxygen atoms in total. The fourth-order valence-corrected chi connectivity index (χ4v) is 6.00. The van der Waals surface area contributed by atoms with Gasteiger partial charge in [0.25, 0.3) is 11.8 Å². The van der Waals surface area contributed by atoms with Gasteiger partial charge in [-0.2, -0.15) is 0 Å². The second-order valence-electron chi connectivity index (χ2n) is 10.2. The first kappa shape index (κ1) is 25.9. The Balaban J connectivity index is 1.33. The average molecular weight is 536 g/mol. The van der Waals surface area contributed by atoms with Crippen LogP contribution < -0.4 is 9.88 Å². The zero-order valence-electron chi connectivity index (χ0n) is 21.2. The molecule has 0 spiro atoms. The number of carbonyl (C=O) groups is 3. The van der Waals surface area contributed by atoms with Gasteiger partial charge in [0, 0.05) is 54.5 Å². The molecule has 2 atom stereocenters. The van der Waals surface area contributed by atoms with Crippen molar-refractivity contribution in [3.8, 4) is 5.75 Å². The van der Waals surface area contributed by atoms with Crippen molar-refractivity contribution in [2.24, 2.45) is 17.0 Å². The molecule has 3 aromatic carbocycles. The van der Waals surface area contributed by atoms with E-state index in [0.29, 0.717) is 54.0 Å². The Labute approximate surface area is 221 Å². The summed E-state index contributed by atoms with van der Waals surface area (Å²) in [7, 11) is -3.83. The second kappa shape index (κ2) is 9.85. The largest absolute Gasteiger partial charge is 0.490 e. The van der Waals surface area contributed by atoms with Gasteiger partial charge in [-0.1, -0.05) is 24.3 Å². The highest BCUT2D eigenvalue weighted by atomic mass is 32.2. The molecule has 0 aliphatic carbocycles. The molecule has 2 fully saturated rings. The SMILES string of the molecule is CC(C)Oc1cc(C(=O)N2C[C@H]3CN(C(=O)c4ccc(S(N)(=O)=O)cc4)C[C@H]3C2)c(C=O)c2ccccc12. The highest BCUT2D eigenvalue weighted by Crippen LogP contribution is 2.36. The number of amides is 2. The Kier molecular flexibility index (Phi) is 6.70. The predicted octanol–water partition coefficient (Wildman–Crippen LogP) is 2.93. The molecule has 3 aromatic rings. The van der Waals surface area contributed by atoms with Gasteiger partial charge in [0.2, 0.25) is 10.0 Å². The third-order valence-corrected chi connectivity index (χ3v) is 8.18. The molecule has 10 heteroatoms. The molecule has 0 unspecified atom stereocenters. The zero-order chi connectivity index (χ0) is 27.2. The molecule has 2 heterocycles. The summed E-state index contributed by atoms with van der Waals surface area (Å²) in [5.74, 6) is 0.370. The van der Waals surface area contributed by atoms with Crippen molar-refractivity contribution in [2.75, 3.05) is 26.2 Å². The van der Waals surface area contributed by atoms with Gasteiger partial charge in [0.1, 0.15) is 5.75 Å². The minimum Gasteiger partial charge on any atom is -0.490 e. The third-order valence-electron chi connectivity index (χ3n) is 7.25. The summed E-state index contributed by atoms with van der Waals surface area (Å²) in [5, 5.41) is 6.60. The number of aldehydes is 1. The summed E-state index contributed by atoms with van der Waals surface area (Å²) in [5.41, 5.74) is 1.05. The van der Waals surface area contributed by atoms with Crippen LogP contribution in [-0.2, 0) is 10.0 Å². The first-order chi connectivity index (χ1) is 18.1. The Morgan fingerprint density at radius 3 is 2.00 bits per heavy atom. The first-order valence-electron chi connectivity index (χ1n) is 12.5. The molecule has 2 amide bonds. The summed E-state index contributed by atoms with van der Waals surface area (Å²) >= 11 is 0. The molecule has 0 bridgehead atoms. The molecule has 2 N–H and O–H groups in total. The molecule has 2 saturated heterocycles. The summed E-state index contributed by atoms with van der Waals surface area (Å²) < 4.78 is 29.0. The van der Waals surface area contributed by atoms with E-state index in [2.05, 4.69) is 0 Å². The van der Waals surface area contributed by atoms with Crippen LogP contribution in [0.1, 0.15) is 44.9 Å². The zero-order valence-corrected chi connectivity index (χ0v) is 22.0. The van der Waals surface area contributed by atoms with Gasteiger partial charge in [-0.05, 0) is 49.6 Å². The van der Waals surface area contributed by atoms with Crippen LogP contribution in [0.3, 0.4) is 0 Å². The van der Waals surface area contributed by atoms with Crippen molar-refractivity contribution in [3.05, 3.63) is 71.3 Å². The van der Waals surface area contributed by atoms with Crippen LogP contribution in [0.25, 0.3) is 10.8 Å². The standard InChI is InChI=1S/C28H29N3O6S/c1-17(2)37-26-11-24(25(16-32)22-5-3-4-6-23(22)26)28(34)31-14-19-12-30(13-20(19)15-31)27(33)18-7-9-21(10-8-18)38(29,35)36/h3-11,16-17,19-20H,12-15H2,1-2H3,(H2,29,35,36)/t19-,20+. The van der Waals surface area contributed by atoms with Crippen LogP contribution in [0.15, 0.2) is 59.5 Å². The molecule has 2 aliphatic heterocycles. The number of primary sulfonamides is 1. The Bertz CT molecular complexity index is 1520. The van der Waals surface area contributed by atoms with Gasteiger partial charge in [-0.15, -0.1) is 0 Å². The second-order valence-corrected chi connectivity index (χ2v) is 11.7. The minimum atomic E-state index is -3.83. The van der Waals surface area contributed by atoms with Gasteiger partial charge in [-0.25, -0.2) is 13.6 Å². The van der Waals surface area contributed by atoms with Gasteiger partial charge in [0.15, 0.2) is 6.29 Å². The summed E-state index contributed by atoms with van der Waals surface area (Å²) in [6.45, 7) is 5.75. The first-order valence-corrected chi connectivity index (χ1v) is 14.0. The maximum absolute atomic E-state index is 13.7. The number of hydrogen-bond donors (Lipinski definition) is 1. The number of ether oxygens (including phenoxy) is 1. The molecule has 5 rings (SSSR count). The topological polar surface area (TPSA) is 127 Å². The fraction of sp³-hybridized carbons (Fsp3) is 0.321. The fourth-order valence-electron chi connectivity index (χ4n) is 5.48. The van der Waals surface area contributed by atoms with E-state index in [0.717, 1.165) is 11.7 Å². The van der Waals surface area contributed by atoms with Crippen molar-refractivity contribution in [3.63, 3.8) is 0 Å². The van der Waals surface area contributed by atoms with Crippen molar-refractivity contribution in [1.29, 1.82) is 0 Å². The van der Waals surface area contributed by atoms with Crippen LogP contribution in [0.5, 0.6) is 5.75 Å². The highest BCUT2D eigenvalue weighted by Gasteiger charge is 2.43. The molecular formula is C28H29N3O6S. The van der Waals surface area contributed by atoms with E-state index in [9.17, 15) is 22.8 Å². The molecule has 2 aliphatic rings. The van der Waals surface area contributed by atoms with Gasteiger partial charge in [0.05, 0.1) is 16.6 Å². The van der Waals surface area contributed by atoms with E-state index in [1.807, 2.05) is 38.1 Å². The molecular weight excluding hydrogens is 506 g/mol. The predicted molar refractivity (Wildman–Crippen MR) is 142 cm³/mol. The van der Waals surface area contributed by atoms with Crippen molar-refractivity contribution >= 4 is 38.9 Å². The number of benzene rings is 3. The number of nitrogens with zero attached hydrogens (tertiary/aromatic N) is 2. The van der Waals surface area contributed by atoms with Crippen LogP contribution in [0.2, 0.25) is 0 Å². The lowest BCUT2D eigenvalue weighted by molar-refractivity contribution is 0.0736. The summed E-state index contributed by atoms with van der Waals surface area (Å²) in [6, 6.07) is 14.6. The number of rotatable bonds is 6. The molecule has 0 radical (unpaired) electrons. The molecule has 198 valence electrons. The van der Waals surface area contributed by atoms with Crippen molar-refractivity contribution in [2.45, 2.75) is 24.8 Å². The Morgan fingerprint density at radius 2 is 1.47 bits per heavy atom. The maximum atomic E-state index is 13.7. The van der Waals surface area contributed by atoms with E-state index in [-0.39, 0.29) is 34.6 Å². The number of fused-ring (bicyclic) bond motifs is 2. The van der Waals surface area contributed by atoms with Crippen LogP contribution >= 0.6 is 0 Å². The smallest absolute Gasteiger partial charge is 0.254 e. The highest BCUT2D eigenvalue weighted by molar-refractivity contribution is 7.89. The van der Waals surface area contributed by atoms with E-state index in [4.69, 9.17) is 9.88 Å². The summed E-state index contributed by atoms with van der Waals surface area (Å²) in [4.78, 5) is 42.3. The molecule has 0 saturated carbocycles. The minimum absolute atomic E-state index is 0.0492. The van der Waals surface area contributed by atoms with Crippen molar-refractivity contribution < 1.29 is 27.5 Å². The number of nitrogens with two attached hydrogens (primary N) is 1. The average Bonchev–Trinajstić information content (AvgIpc) is 3.47. The Hall–Kier alpha value is -3.76. The van der Waals surface area contributed by atoms with Crippen LogP contribution in [0.4, 0.5) is 0 Å². The maximum Gasteiger partial charge on any atom is 0.254 e. The molecule has 0 aromatic heterocycles. The normalized spacial score (nSPS) is 19.2. The number of likely N-dealkylation sites (tertiary alicyclic amines) is 2. The van der Waals surface area contributed by atoms with E-state index < -0.39 is 10.0 Å². The molecule has 38 heavy (non-hydrogen) atoms. The lowest BCUT2D eigenvalue weighted by Crippen LogP contribution is -2.36. The van der Waals surface area contributed by atoms with Gasteiger partial charge in [-0.3, -0.25) is 14.4 Å². The lowest BCUT2D eigenvalue weighted by atomic mass is 9.97. The van der Waals surface area contributed by atoms with Gasteiger partial charge < -0.3 is 14.5 Å². The summed E-state index contributed by atoms with van der Waals surface area (Å²) in [6.07, 6.45) is 0.627. The Morgan fingerprint density at radius 1 is 0.921 bits per heavy atom. The quantitative estimate of drug-likeness (QED) is 0.484. The monoisotopic (exact) mass is 535 g/mol. The van der Waals surface area contributed by atoms with Crippen LogP contribution in [-0.4, -0.2) is 68.6 Å². The number of carbonyl (C=O) groups excluding carboxylic acids is 3. The van der Waals surface area contributed by atoms with E-state index in [1.54, 1.807) is 15.9 Å².